The second kappa shape index (κ2) is 11.0. The minimum atomic E-state index is -1.01. The molecule has 2 unspecified atom stereocenters. The predicted octanol–water partition coefficient (Wildman–Crippen LogP) is 3.44. The molecule has 1 fully saturated rings. The van der Waals surface area contributed by atoms with Crippen LogP contribution in [0.15, 0.2) is 30.9 Å². The molecule has 1 saturated heterocycles. The van der Waals surface area contributed by atoms with Gasteiger partial charge in [0.25, 0.3) is 5.91 Å². The molecule has 0 saturated carbocycles. The normalized spacial score (nSPS) is 19.5. The molecule has 7 heteroatoms. The van der Waals surface area contributed by atoms with Crippen LogP contribution < -0.4 is 14.8 Å². The Morgan fingerprint density at radius 1 is 1.27 bits per heavy atom. The molecule has 7 nitrogen and oxygen atoms in total. The highest BCUT2D eigenvalue weighted by Crippen LogP contribution is 2.29. The van der Waals surface area contributed by atoms with Gasteiger partial charge in [0.15, 0.2) is 11.5 Å². The summed E-state index contributed by atoms with van der Waals surface area (Å²) in [4.78, 5) is 26.2. The Bertz CT molecular complexity index is 751. The van der Waals surface area contributed by atoms with E-state index in [4.69, 9.17) is 9.47 Å². The smallest absolute Gasteiger partial charge is 0.325 e. The highest BCUT2D eigenvalue weighted by molar-refractivity contribution is 6.06. The van der Waals surface area contributed by atoms with E-state index < -0.39 is 17.7 Å². The van der Waals surface area contributed by atoms with E-state index in [0.717, 1.165) is 36.1 Å². The summed E-state index contributed by atoms with van der Waals surface area (Å²) in [5.41, 5.74) is 0.127. The molecule has 3 amide bonds. The number of benzene rings is 1. The standard InChI is InChI=1S/C23H34N2O5/c1-5-7-8-9-13-23(3)21(27)25(22(28)24-23)15-18(26)16-30-19-12-11-17(10-6-2)14-20(19)29-4/h6,11-12,14,18,26H,2,5,7-10,13,15-16H2,1,3-4H3,(H,24,28). The average Bonchev–Trinajstić information content (AvgIpc) is 2.93. The van der Waals surface area contributed by atoms with Gasteiger partial charge in [-0.15, -0.1) is 6.58 Å². The molecule has 2 atom stereocenters. The number of nitrogens with one attached hydrogen (secondary N) is 1. The summed E-state index contributed by atoms with van der Waals surface area (Å²) in [6, 6.07) is 5.05. The number of hydrogen-bond acceptors (Lipinski definition) is 5. The van der Waals surface area contributed by atoms with Gasteiger partial charge < -0.3 is 19.9 Å². The number of aliphatic hydroxyl groups excluding tert-OH is 1. The zero-order valence-corrected chi connectivity index (χ0v) is 18.3. The molecule has 1 aliphatic heterocycles. The van der Waals surface area contributed by atoms with Crippen LogP contribution in [0.1, 0.15) is 51.5 Å². The van der Waals surface area contributed by atoms with Crippen molar-refractivity contribution in [2.24, 2.45) is 0 Å². The minimum Gasteiger partial charge on any atom is -0.493 e. The van der Waals surface area contributed by atoms with Crippen LogP contribution in [0.2, 0.25) is 0 Å². The number of carbonyl (C=O) groups excluding carboxylic acids is 2. The molecule has 0 bridgehead atoms. The zero-order chi connectivity index (χ0) is 22.1. The Balaban J connectivity index is 1.91. The number of aliphatic hydroxyl groups is 1. The van der Waals surface area contributed by atoms with Crippen LogP contribution in [0, 0.1) is 0 Å². The minimum absolute atomic E-state index is 0.0680. The highest BCUT2D eigenvalue weighted by atomic mass is 16.5. The fourth-order valence-corrected chi connectivity index (χ4v) is 3.56. The lowest BCUT2D eigenvalue weighted by Gasteiger charge is -2.22. The Morgan fingerprint density at radius 3 is 2.70 bits per heavy atom. The van der Waals surface area contributed by atoms with Gasteiger partial charge in [-0.25, -0.2) is 4.79 Å². The van der Waals surface area contributed by atoms with E-state index in [-0.39, 0.29) is 19.1 Å². The molecule has 166 valence electrons. The molecule has 1 aromatic carbocycles. The maximum absolute atomic E-state index is 12.8. The Morgan fingerprint density at radius 2 is 2.03 bits per heavy atom. The number of methoxy groups -OCH3 is 1. The maximum Gasteiger partial charge on any atom is 0.325 e. The van der Waals surface area contributed by atoms with Crippen molar-refractivity contribution in [1.29, 1.82) is 0 Å². The first kappa shape index (κ1) is 23.7. The first-order valence-corrected chi connectivity index (χ1v) is 10.6. The Kier molecular flexibility index (Phi) is 8.72. The number of β-amino-alcohol motifs (C(OH)–C–C–N with tert-alkyl or cyclic N) is 1. The van der Waals surface area contributed by atoms with E-state index in [1.165, 1.54) is 0 Å². The van der Waals surface area contributed by atoms with Crippen molar-refractivity contribution in [3.05, 3.63) is 36.4 Å². The zero-order valence-electron chi connectivity index (χ0n) is 18.3. The number of imide groups is 1. The van der Waals surface area contributed by atoms with Gasteiger partial charge in [-0.05, 0) is 37.5 Å². The van der Waals surface area contributed by atoms with Crippen LogP contribution in [-0.2, 0) is 11.2 Å². The summed E-state index contributed by atoms with van der Waals surface area (Å²) in [7, 11) is 1.55. The van der Waals surface area contributed by atoms with Crippen LogP contribution in [0.4, 0.5) is 4.79 Å². The molecule has 0 radical (unpaired) electrons. The van der Waals surface area contributed by atoms with Gasteiger partial charge in [0.1, 0.15) is 18.2 Å². The molecule has 30 heavy (non-hydrogen) atoms. The van der Waals surface area contributed by atoms with Gasteiger partial charge in [-0.3, -0.25) is 9.69 Å². The van der Waals surface area contributed by atoms with E-state index in [1.807, 2.05) is 12.1 Å². The van der Waals surface area contributed by atoms with Crippen molar-refractivity contribution < 1.29 is 24.2 Å². The summed E-state index contributed by atoms with van der Waals surface area (Å²) in [6.45, 7) is 7.41. The third-order valence-electron chi connectivity index (χ3n) is 5.31. The molecular weight excluding hydrogens is 384 g/mol. The van der Waals surface area contributed by atoms with Crippen molar-refractivity contribution in [2.75, 3.05) is 20.3 Å². The summed E-state index contributed by atoms with van der Waals surface area (Å²) in [6.07, 6.45) is 6.20. The number of ether oxygens (including phenoxy) is 2. The number of unbranched alkanes of at least 4 members (excludes halogenated alkanes) is 3. The van der Waals surface area contributed by atoms with E-state index >= 15 is 0 Å². The van der Waals surface area contributed by atoms with Crippen LogP contribution in [0.25, 0.3) is 0 Å². The van der Waals surface area contributed by atoms with Crippen molar-refractivity contribution in [1.82, 2.24) is 10.2 Å². The number of carbonyl (C=O) groups is 2. The summed E-state index contributed by atoms with van der Waals surface area (Å²) >= 11 is 0. The molecular formula is C23H34N2O5. The monoisotopic (exact) mass is 418 g/mol. The van der Waals surface area contributed by atoms with Crippen molar-refractivity contribution in [2.45, 2.75) is 64.0 Å². The largest absolute Gasteiger partial charge is 0.493 e. The van der Waals surface area contributed by atoms with Gasteiger partial charge >= 0.3 is 6.03 Å². The lowest BCUT2D eigenvalue weighted by molar-refractivity contribution is -0.132. The van der Waals surface area contributed by atoms with Crippen molar-refractivity contribution in [3.8, 4) is 11.5 Å². The third-order valence-corrected chi connectivity index (χ3v) is 5.31. The van der Waals surface area contributed by atoms with E-state index in [0.29, 0.717) is 24.3 Å². The molecule has 1 aliphatic rings. The Hall–Kier alpha value is -2.54. The maximum atomic E-state index is 12.8. The van der Waals surface area contributed by atoms with Gasteiger partial charge in [0.2, 0.25) is 0 Å². The summed E-state index contributed by atoms with van der Waals surface area (Å²) in [5.74, 6) is 0.743. The average molecular weight is 419 g/mol. The SMILES string of the molecule is C=CCc1ccc(OCC(O)CN2C(=O)NC(C)(CCCCCC)C2=O)c(OC)c1. The lowest BCUT2D eigenvalue weighted by Crippen LogP contribution is -2.45. The van der Waals surface area contributed by atoms with Gasteiger partial charge in [-0.1, -0.05) is 44.7 Å². The van der Waals surface area contributed by atoms with E-state index in [9.17, 15) is 14.7 Å². The Labute approximate surface area is 179 Å². The van der Waals surface area contributed by atoms with Gasteiger partial charge in [0, 0.05) is 0 Å². The lowest BCUT2D eigenvalue weighted by atomic mass is 9.94. The van der Waals surface area contributed by atoms with Crippen LogP contribution in [0.5, 0.6) is 11.5 Å². The van der Waals surface area contributed by atoms with Crippen LogP contribution in [0.3, 0.4) is 0 Å². The number of rotatable bonds is 13. The van der Waals surface area contributed by atoms with Crippen molar-refractivity contribution in [3.63, 3.8) is 0 Å². The number of hydrogen-bond donors (Lipinski definition) is 2. The number of nitrogens with zero attached hydrogens (tertiary/aromatic N) is 1. The fraction of sp³-hybridized carbons (Fsp3) is 0.565. The molecule has 0 aromatic heterocycles. The number of allylic oxidation sites excluding steroid dienone is 1. The second-order valence-electron chi connectivity index (χ2n) is 7.93. The highest BCUT2D eigenvalue weighted by Gasteiger charge is 2.47. The first-order chi connectivity index (χ1) is 14.3. The predicted molar refractivity (Wildman–Crippen MR) is 116 cm³/mol. The third kappa shape index (κ3) is 5.98. The number of amides is 3. The topological polar surface area (TPSA) is 88.1 Å². The molecule has 2 N–H and O–H groups in total. The second-order valence-corrected chi connectivity index (χ2v) is 7.93. The number of urea groups is 1. The van der Waals surface area contributed by atoms with E-state index in [1.54, 1.807) is 26.2 Å². The molecule has 2 rings (SSSR count). The summed E-state index contributed by atoms with van der Waals surface area (Å²) < 4.78 is 11.0. The molecule has 1 heterocycles. The van der Waals surface area contributed by atoms with Crippen molar-refractivity contribution >= 4 is 11.9 Å². The molecule has 1 aromatic rings. The molecule has 0 spiro atoms. The van der Waals surface area contributed by atoms with Crippen LogP contribution in [-0.4, -0.2) is 53.8 Å². The van der Waals surface area contributed by atoms with E-state index in [2.05, 4.69) is 18.8 Å². The van der Waals surface area contributed by atoms with Crippen LogP contribution >= 0.6 is 0 Å². The quantitative estimate of drug-likeness (QED) is 0.291. The summed E-state index contributed by atoms with van der Waals surface area (Å²) in [5, 5.41) is 13.2. The first-order valence-electron chi connectivity index (χ1n) is 10.6. The fourth-order valence-electron chi connectivity index (χ4n) is 3.56. The molecule has 0 aliphatic carbocycles. The van der Waals surface area contributed by atoms with Gasteiger partial charge in [-0.2, -0.15) is 0 Å². The van der Waals surface area contributed by atoms with Gasteiger partial charge in [0.05, 0.1) is 13.7 Å².